The van der Waals surface area contributed by atoms with E-state index in [0.717, 1.165) is 12.1 Å². The average Bonchev–Trinajstić information content (AvgIpc) is 2.99. The van der Waals surface area contributed by atoms with Crippen molar-refractivity contribution >= 4 is 5.97 Å². The van der Waals surface area contributed by atoms with Crippen LogP contribution in [-0.4, -0.2) is 46.3 Å². The molecule has 1 aliphatic rings. The van der Waals surface area contributed by atoms with Crippen molar-refractivity contribution in [3.05, 3.63) is 54.1 Å². The van der Waals surface area contributed by atoms with Gasteiger partial charge in [-0.1, -0.05) is 30.4 Å². The number of aliphatic carboxylic acids is 1. The quantitative estimate of drug-likeness (QED) is 0.257. The molecule has 1 aromatic carbocycles. The van der Waals surface area contributed by atoms with E-state index < -0.39 is 48.6 Å². The third-order valence-electron chi connectivity index (χ3n) is 5.36. The number of alkyl halides is 4. The number of carbonyl (C=O) groups is 1. The zero-order valence-corrected chi connectivity index (χ0v) is 17.4. The van der Waals surface area contributed by atoms with Crippen molar-refractivity contribution < 1.29 is 42.4 Å². The second kappa shape index (κ2) is 12.0. The largest absolute Gasteiger partial charge is 0.490 e. The van der Waals surface area contributed by atoms with E-state index in [9.17, 15) is 32.6 Å². The zero-order chi connectivity index (χ0) is 23.7. The smallest absolute Gasteiger partial charge is 0.416 e. The molecular formula is C23H28F4O5. The van der Waals surface area contributed by atoms with E-state index in [1.807, 2.05) is 12.2 Å². The molecule has 9 heteroatoms. The van der Waals surface area contributed by atoms with Gasteiger partial charge in [0, 0.05) is 18.8 Å². The average molecular weight is 460 g/mol. The molecule has 0 radical (unpaired) electrons. The minimum Gasteiger partial charge on any atom is -0.490 e. The molecule has 1 aliphatic carbocycles. The van der Waals surface area contributed by atoms with E-state index in [2.05, 4.69) is 0 Å². The maximum absolute atomic E-state index is 14.2. The third-order valence-corrected chi connectivity index (χ3v) is 5.36. The van der Waals surface area contributed by atoms with E-state index in [0.29, 0.717) is 19.3 Å². The molecule has 0 heterocycles. The van der Waals surface area contributed by atoms with Crippen molar-refractivity contribution in [2.24, 2.45) is 11.8 Å². The van der Waals surface area contributed by atoms with Crippen LogP contribution in [0.3, 0.4) is 0 Å². The lowest BCUT2D eigenvalue weighted by Gasteiger charge is -2.19. The van der Waals surface area contributed by atoms with Gasteiger partial charge in [0.1, 0.15) is 12.4 Å². The van der Waals surface area contributed by atoms with Gasteiger partial charge in [-0.25, -0.2) is 4.39 Å². The number of benzene rings is 1. The molecule has 1 saturated carbocycles. The number of hydrogen-bond acceptors (Lipinski definition) is 4. The van der Waals surface area contributed by atoms with Crippen LogP contribution in [0.1, 0.15) is 37.7 Å². The van der Waals surface area contributed by atoms with Crippen LogP contribution in [-0.2, 0) is 11.0 Å². The fraction of sp³-hybridized carbons (Fsp3) is 0.522. The molecule has 0 bridgehead atoms. The van der Waals surface area contributed by atoms with Gasteiger partial charge in [0.2, 0.25) is 0 Å². The van der Waals surface area contributed by atoms with Gasteiger partial charge in [0.15, 0.2) is 6.17 Å². The van der Waals surface area contributed by atoms with E-state index in [4.69, 9.17) is 9.84 Å². The molecular weight excluding hydrogens is 432 g/mol. The van der Waals surface area contributed by atoms with Crippen LogP contribution in [0.4, 0.5) is 17.6 Å². The molecule has 0 unspecified atom stereocenters. The van der Waals surface area contributed by atoms with Crippen molar-refractivity contribution in [3.63, 3.8) is 0 Å². The number of halogens is 4. The van der Waals surface area contributed by atoms with Gasteiger partial charge < -0.3 is 20.1 Å². The van der Waals surface area contributed by atoms with Gasteiger partial charge >= 0.3 is 12.1 Å². The topological polar surface area (TPSA) is 87.0 Å². The number of carboxylic acids is 1. The summed E-state index contributed by atoms with van der Waals surface area (Å²) in [5.41, 5.74) is -0.886. The van der Waals surface area contributed by atoms with Crippen LogP contribution >= 0.6 is 0 Å². The predicted molar refractivity (Wildman–Crippen MR) is 110 cm³/mol. The molecule has 0 saturated heterocycles. The lowest BCUT2D eigenvalue weighted by Crippen LogP contribution is -2.20. The molecule has 32 heavy (non-hydrogen) atoms. The highest BCUT2D eigenvalue weighted by atomic mass is 19.4. The van der Waals surface area contributed by atoms with Crippen molar-refractivity contribution in [1.29, 1.82) is 0 Å². The number of ether oxygens (including phenoxy) is 1. The minimum atomic E-state index is -4.52. The lowest BCUT2D eigenvalue weighted by atomic mass is 9.89. The maximum Gasteiger partial charge on any atom is 0.416 e. The Morgan fingerprint density at radius 3 is 2.66 bits per heavy atom. The Kier molecular flexibility index (Phi) is 9.71. The lowest BCUT2D eigenvalue weighted by molar-refractivity contribution is -0.138. The van der Waals surface area contributed by atoms with E-state index in [1.54, 1.807) is 0 Å². The number of hydrogen-bond donors (Lipinski definition) is 3. The Morgan fingerprint density at radius 1 is 1.22 bits per heavy atom. The van der Waals surface area contributed by atoms with Gasteiger partial charge in [0.05, 0.1) is 17.8 Å². The highest BCUT2D eigenvalue weighted by Crippen LogP contribution is 2.36. The number of aliphatic hydroxyl groups is 2. The van der Waals surface area contributed by atoms with Crippen LogP contribution < -0.4 is 4.74 Å². The summed E-state index contributed by atoms with van der Waals surface area (Å²) in [6.45, 7) is -0.489. The molecule has 0 aromatic heterocycles. The van der Waals surface area contributed by atoms with E-state index in [-0.39, 0.29) is 24.5 Å². The van der Waals surface area contributed by atoms with Gasteiger partial charge in [-0.15, -0.1) is 0 Å². The summed E-state index contributed by atoms with van der Waals surface area (Å²) in [6.07, 6.45) is 0.315. The van der Waals surface area contributed by atoms with Gasteiger partial charge in [-0.2, -0.15) is 13.2 Å². The highest BCUT2D eigenvalue weighted by molar-refractivity contribution is 5.66. The summed E-state index contributed by atoms with van der Waals surface area (Å²) in [5, 5.41) is 29.0. The molecule has 2 rings (SSSR count). The second-order valence-corrected chi connectivity index (χ2v) is 7.84. The summed E-state index contributed by atoms with van der Waals surface area (Å²) < 4.78 is 57.6. The van der Waals surface area contributed by atoms with Crippen LogP contribution in [0.25, 0.3) is 0 Å². The molecule has 178 valence electrons. The Hall–Kier alpha value is -2.39. The molecule has 0 spiro atoms. The minimum absolute atomic E-state index is 0.0704. The summed E-state index contributed by atoms with van der Waals surface area (Å²) in [4.78, 5) is 10.5. The first-order valence-electron chi connectivity index (χ1n) is 10.4. The summed E-state index contributed by atoms with van der Waals surface area (Å²) in [5.74, 6) is -1.78. The number of unbranched alkanes of at least 4 members (excludes halogenated alkanes) is 1. The summed E-state index contributed by atoms with van der Waals surface area (Å²) in [7, 11) is 0. The van der Waals surface area contributed by atoms with Gasteiger partial charge in [0.25, 0.3) is 0 Å². The molecule has 1 fully saturated rings. The van der Waals surface area contributed by atoms with Crippen molar-refractivity contribution in [1.82, 2.24) is 0 Å². The fourth-order valence-corrected chi connectivity index (χ4v) is 3.69. The zero-order valence-electron chi connectivity index (χ0n) is 17.4. The first-order chi connectivity index (χ1) is 15.1. The molecule has 5 nitrogen and oxygen atoms in total. The SMILES string of the molecule is O=C(O)CCCC=CC[C@@H]1[C@@H](C=C[C@@H](F)COc2cccc(C(F)(F)F)c2)[C@H](O)C[C@@H]1O. The summed E-state index contributed by atoms with van der Waals surface area (Å²) in [6, 6.07) is 4.18. The number of carboxylic acid groups (broad SMARTS) is 1. The monoisotopic (exact) mass is 460 g/mol. The van der Waals surface area contributed by atoms with Crippen LogP contribution in [0.15, 0.2) is 48.6 Å². The van der Waals surface area contributed by atoms with Crippen LogP contribution in [0, 0.1) is 11.8 Å². The van der Waals surface area contributed by atoms with Crippen LogP contribution in [0.2, 0.25) is 0 Å². The van der Waals surface area contributed by atoms with Gasteiger partial charge in [-0.05, 0) is 43.4 Å². The first-order valence-corrected chi connectivity index (χ1v) is 10.4. The number of aliphatic hydroxyl groups excluding tert-OH is 2. The molecule has 0 amide bonds. The second-order valence-electron chi connectivity index (χ2n) is 7.84. The fourth-order valence-electron chi connectivity index (χ4n) is 3.69. The Balaban J connectivity index is 1.87. The maximum atomic E-state index is 14.2. The Labute approximate surface area is 184 Å². The van der Waals surface area contributed by atoms with Gasteiger partial charge in [-0.3, -0.25) is 4.79 Å². The van der Waals surface area contributed by atoms with E-state index in [1.165, 1.54) is 24.3 Å². The third kappa shape index (κ3) is 8.27. The van der Waals surface area contributed by atoms with Crippen LogP contribution in [0.5, 0.6) is 5.75 Å². The van der Waals surface area contributed by atoms with Crippen molar-refractivity contribution in [2.75, 3.05) is 6.61 Å². The normalized spacial score (nSPS) is 24.9. The standard InChI is InChI=1S/C23H28F4O5/c24-16(14-32-17-7-5-6-15(12-17)23(25,26)27)10-11-19-18(20(28)13-21(19)29)8-3-1-2-4-9-22(30)31/h1,3,5-7,10-12,16,18-21,28-29H,2,4,8-9,13-14H2,(H,30,31)/t16-,18-,19-,20+,21-/m1/s1. The highest BCUT2D eigenvalue weighted by Gasteiger charge is 2.39. The Bertz CT molecular complexity index is 793. The molecule has 1 aromatic rings. The predicted octanol–water partition coefficient (Wildman–Crippen LogP) is 4.54. The number of allylic oxidation sites excluding steroid dienone is 2. The van der Waals surface area contributed by atoms with Crippen molar-refractivity contribution in [2.45, 2.75) is 56.7 Å². The molecule has 0 aliphatic heterocycles. The molecule has 5 atom stereocenters. The van der Waals surface area contributed by atoms with E-state index >= 15 is 0 Å². The summed E-state index contributed by atoms with van der Waals surface area (Å²) >= 11 is 0. The first kappa shape index (κ1) is 25.9. The Morgan fingerprint density at radius 2 is 1.97 bits per heavy atom. The van der Waals surface area contributed by atoms with Crippen molar-refractivity contribution in [3.8, 4) is 5.75 Å². The number of rotatable bonds is 11. The molecule has 3 N–H and O–H groups in total.